The van der Waals surface area contributed by atoms with E-state index in [9.17, 15) is 9.18 Å². The monoisotopic (exact) mass is 487 g/mol. The molecule has 9 heteroatoms. The van der Waals surface area contributed by atoms with E-state index in [0.717, 1.165) is 9.26 Å². The standard InChI is InChI=1S/C17H16ClFIN5O/c1-11-15(20)8-21-25(11)7-6-16(26)22-17-13(18)10-24(23-17)9-12-4-2-3-5-14(12)19/h2-5,8,10H,6-7,9H2,1H3,(H,22,23,26). The number of amides is 1. The molecule has 0 aliphatic carbocycles. The van der Waals surface area contributed by atoms with E-state index in [1.165, 1.54) is 10.7 Å². The van der Waals surface area contributed by atoms with E-state index in [1.54, 1.807) is 35.3 Å². The molecule has 2 aromatic heterocycles. The van der Waals surface area contributed by atoms with Gasteiger partial charge in [0.2, 0.25) is 5.91 Å². The number of benzene rings is 1. The van der Waals surface area contributed by atoms with Crippen LogP contribution < -0.4 is 5.32 Å². The normalized spacial score (nSPS) is 10.9. The number of carbonyl (C=O) groups excluding carboxylic acids is 1. The molecule has 1 N–H and O–H groups in total. The summed E-state index contributed by atoms with van der Waals surface area (Å²) >= 11 is 8.33. The molecule has 0 saturated heterocycles. The number of anilines is 1. The van der Waals surface area contributed by atoms with Crippen molar-refractivity contribution in [1.82, 2.24) is 19.6 Å². The number of nitrogens with zero attached hydrogens (tertiary/aromatic N) is 4. The highest BCUT2D eigenvalue weighted by Crippen LogP contribution is 2.21. The van der Waals surface area contributed by atoms with Crippen molar-refractivity contribution < 1.29 is 9.18 Å². The third-order valence-corrected chi connectivity index (χ3v) is 5.19. The molecule has 1 aromatic carbocycles. The molecule has 6 nitrogen and oxygen atoms in total. The zero-order valence-corrected chi connectivity index (χ0v) is 16.8. The van der Waals surface area contributed by atoms with Crippen molar-refractivity contribution >= 4 is 45.9 Å². The van der Waals surface area contributed by atoms with Gasteiger partial charge in [0, 0.05) is 23.9 Å². The van der Waals surface area contributed by atoms with Crippen LogP contribution in [0.25, 0.3) is 0 Å². The number of hydrogen-bond acceptors (Lipinski definition) is 3. The maximum atomic E-state index is 13.7. The van der Waals surface area contributed by atoms with Gasteiger partial charge in [-0.3, -0.25) is 14.2 Å². The molecule has 3 aromatic rings. The highest BCUT2D eigenvalue weighted by atomic mass is 127. The molecule has 0 spiro atoms. The van der Waals surface area contributed by atoms with Gasteiger partial charge in [0.25, 0.3) is 0 Å². The minimum Gasteiger partial charge on any atom is -0.308 e. The average molecular weight is 488 g/mol. The number of hydrogen-bond donors (Lipinski definition) is 1. The molecule has 0 bridgehead atoms. The van der Waals surface area contributed by atoms with Crippen LogP contribution in [0.4, 0.5) is 10.2 Å². The van der Waals surface area contributed by atoms with E-state index >= 15 is 0 Å². The van der Waals surface area contributed by atoms with E-state index in [1.807, 2.05) is 6.92 Å². The van der Waals surface area contributed by atoms with Gasteiger partial charge in [-0.25, -0.2) is 4.39 Å². The van der Waals surface area contributed by atoms with Crippen molar-refractivity contribution in [3.8, 4) is 0 Å². The van der Waals surface area contributed by atoms with Crippen molar-refractivity contribution in [3.05, 3.63) is 62.3 Å². The predicted molar refractivity (Wildman–Crippen MR) is 106 cm³/mol. The Morgan fingerprint density at radius 2 is 2.15 bits per heavy atom. The predicted octanol–water partition coefficient (Wildman–Crippen LogP) is 3.86. The summed E-state index contributed by atoms with van der Waals surface area (Å²) in [5.74, 6) is -0.262. The molecule has 2 heterocycles. The maximum absolute atomic E-state index is 13.7. The number of nitrogens with one attached hydrogen (secondary N) is 1. The fourth-order valence-electron chi connectivity index (χ4n) is 2.42. The second kappa shape index (κ2) is 8.17. The van der Waals surface area contributed by atoms with Gasteiger partial charge in [0.1, 0.15) is 10.8 Å². The van der Waals surface area contributed by atoms with Gasteiger partial charge in [-0.1, -0.05) is 29.8 Å². The lowest BCUT2D eigenvalue weighted by Crippen LogP contribution is -2.16. The molecular formula is C17H16ClFIN5O. The zero-order valence-electron chi connectivity index (χ0n) is 13.9. The molecule has 26 heavy (non-hydrogen) atoms. The quantitative estimate of drug-likeness (QED) is 0.537. The fourth-order valence-corrected chi connectivity index (χ4v) is 3.02. The van der Waals surface area contributed by atoms with Crippen LogP contribution in [0.1, 0.15) is 17.7 Å². The lowest BCUT2D eigenvalue weighted by Gasteiger charge is -2.05. The molecule has 0 aliphatic heterocycles. The van der Waals surface area contributed by atoms with E-state index in [-0.39, 0.29) is 30.5 Å². The van der Waals surface area contributed by atoms with Crippen LogP contribution in [0.5, 0.6) is 0 Å². The summed E-state index contributed by atoms with van der Waals surface area (Å²) in [4.78, 5) is 12.2. The number of aromatic nitrogens is 4. The summed E-state index contributed by atoms with van der Waals surface area (Å²) in [6, 6.07) is 6.45. The highest BCUT2D eigenvalue weighted by molar-refractivity contribution is 14.1. The first-order valence-corrected chi connectivity index (χ1v) is 9.34. The van der Waals surface area contributed by atoms with E-state index in [4.69, 9.17) is 11.6 Å². The minimum atomic E-state index is -0.311. The van der Waals surface area contributed by atoms with E-state index in [0.29, 0.717) is 17.1 Å². The Morgan fingerprint density at radius 3 is 2.85 bits per heavy atom. The van der Waals surface area contributed by atoms with Gasteiger partial charge in [0.15, 0.2) is 5.82 Å². The second-order valence-corrected chi connectivity index (χ2v) is 7.28. The van der Waals surface area contributed by atoms with Crippen molar-refractivity contribution in [2.24, 2.45) is 0 Å². The van der Waals surface area contributed by atoms with Gasteiger partial charge in [0.05, 0.1) is 22.9 Å². The first-order valence-electron chi connectivity index (χ1n) is 7.88. The molecule has 0 saturated carbocycles. The Morgan fingerprint density at radius 1 is 1.38 bits per heavy atom. The summed E-state index contributed by atoms with van der Waals surface area (Å²) in [5, 5.41) is 11.4. The number of aryl methyl sites for hydroxylation is 1. The fraction of sp³-hybridized carbons (Fsp3) is 0.235. The Hall–Kier alpha value is -1.94. The lowest BCUT2D eigenvalue weighted by molar-refractivity contribution is -0.116. The van der Waals surface area contributed by atoms with Crippen LogP contribution in [-0.4, -0.2) is 25.5 Å². The molecule has 0 fully saturated rings. The van der Waals surface area contributed by atoms with Gasteiger partial charge in [-0.15, -0.1) is 0 Å². The van der Waals surface area contributed by atoms with Crippen LogP contribution in [0.2, 0.25) is 5.02 Å². The Kier molecular flexibility index (Phi) is 5.92. The van der Waals surface area contributed by atoms with E-state index in [2.05, 4.69) is 38.1 Å². The van der Waals surface area contributed by atoms with Gasteiger partial charge in [-0.2, -0.15) is 10.2 Å². The summed E-state index contributed by atoms with van der Waals surface area (Å²) in [6.45, 7) is 2.65. The number of halogens is 3. The second-order valence-electron chi connectivity index (χ2n) is 5.71. The van der Waals surface area contributed by atoms with Gasteiger partial charge < -0.3 is 5.32 Å². The summed E-state index contributed by atoms with van der Waals surface area (Å²) in [7, 11) is 0. The molecule has 0 aliphatic rings. The smallest absolute Gasteiger partial charge is 0.227 e. The highest BCUT2D eigenvalue weighted by Gasteiger charge is 2.13. The van der Waals surface area contributed by atoms with Crippen molar-refractivity contribution in [3.63, 3.8) is 0 Å². The van der Waals surface area contributed by atoms with Crippen LogP contribution in [0, 0.1) is 16.3 Å². The van der Waals surface area contributed by atoms with Gasteiger partial charge >= 0.3 is 0 Å². The van der Waals surface area contributed by atoms with Crippen LogP contribution >= 0.6 is 34.2 Å². The molecule has 3 rings (SSSR count). The summed E-state index contributed by atoms with van der Waals surface area (Å²) in [5.41, 5.74) is 1.51. The minimum absolute atomic E-state index is 0.215. The Bertz CT molecular complexity index is 939. The molecule has 0 unspecified atom stereocenters. The average Bonchev–Trinajstić information content (AvgIpc) is 3.11. The Labute approximate surface area is 168 Å². The first kappa shape index (κ1) is 18.8. The number of carbonyl (C=O) groups is 1. The number of rotatable bonds is 6. The van der Waals surface area contributed by atoms with Gasteiger partial charge in [-0.05, 0) is 35.6 Å². The molecule has 0 radical (unpaired) electrons. The van der Waals surface area contributed by atoms with E-state index < -0.39 is 0 Å². The Balaban J connectivity index is 1.61. The molecule has 1 amide bonds. The molecular weight excluding hydrogens is 472 g/mol. The molecule has 136 valence electrons. The lowest BCUT2D eigenvalue weighted by atomic mass is 10.2. The topological polar surface area (TPSA) is 64.7 Å². The van der Waals surface area contributed by atoms with Crippen LogP contribution in [0.15, 0.2) is 36.7 Å². The first-order chi connectivity index (χ1) is 12.4. The summed E-state index contributed by atoms with van der Waals surface area (Å²) < 4.78 is 18.1. The van der Waals surface area contributed by atoms with Crippen LogP contribution in [-0.2, 0) is 17.9 Å². The molecule has 0 atom stereocenters. The van der Waals surface area contributed by atoms with Crippen molar-refractivity contribution in [2.45, 2.75) is 26.4 Å². The van der Waals surface area contributed by atoms with Crippen molar-refractivity contribution in [1.29, 1.82) is 0 Å². The zero-order chi connectivity index (χ0) is 18.7. The van der Waals surface area contributed by atoms with Crippen molar-refractivity contribution in [2.75, 3.05) is 5.32 Å². The third-order valence-electron chi connectivity index (χ3n) is 3.86. The third kappa shape index (κ3) is 4.42. The summed E-state index contributed by atoms with van der Waals surface area (Å²) in [6.07, 6.45) is 3.56. The van der Waals surface area contributed by atoms with Crippen LogP contribution in [0.3, 0.4) is 0 Å². The maximum Gasteiger partial charge on any atom is 0.227 e. The largest absolute Gasteiger partial charge is 0.308 e. The SMILES string of the molecule is Cc1c(I)cnn1CCC(=O)Nc1nn(Cc2ccccc2F)cc1Cl.